The number of carbonyl (C=O) groups is 2. The molecule has 156 valence electrons. The zero-order chi connectivity index (χ0) is 21.7. The van der Waals surface area contributed by atoms with Gasteiger partial charge in [0.05, 0.1) is 11.1 Å². The monoisotopic (exact) mass is 438 g/mol. The molecule has 30 heavy (non-hydrogen) atoms. The van der Waals surface area contributed by atoms with Crippen molar-refractivity contribution in [2.24, 2.45) is 0 Å². The number of nitrogens with zero attached hydrogens (tertiary/aromatic N) is 1. The van der Waals surface area contributed by atoms with E-state index in [0.717, 1.165) is 6.07 Å². The Kier molecular flexibility index (Phi) is 6.41. The predicted octanol–water partition coefficient (Wildman–Crippen LogP) is 4.26. The molecule has 1 amide bonds. The molecule has 0 atom stereocenters. The summed E-state index contributed by atoms with van der Waals surface area (Å²) in [7, 11) is 0. The molecule has 2 aromatic carbocycles. The van der Waals surface area contributed by atoms with Crippen molar-refractivity contribution in [2.75, 3.05) is 6.61 Å². The van der Waals surface area contributed by atoms with Gasteiger partial charge in [-0.15, -0.1) is 13.2 Å². The Balaban J connectivity index is 1.55. The average molecular weight is 439 g/mol. The lowest BCUT2D eigenvalue weighted by molar-refractivity contribution is -0.274. The summed E-state index contributed by atoms with van der Waals surface area (Å²) in [5, 5.41) is 3.36. The maximum Gasteiger partial charge on any atom is 0.573 e. The number of hydrogen-bond donors (Lipinski definition) is 1. The zero-order valence-electron chi connectivity index (χ0n) is 15.2. The number of halogens is 4. The van der Waals surface area contributed by atoms with Crippen molar-refractivity contribution >= 4 is 34.4 Å². The number of pyridine rings is 1. The number of hydrogen-bond acceptors (Lipinski definition) is 5. The van der Waals surface area contributed by atoms with E-state index in [1.54, 1.807) is 24.3 Å². The summed E-state index contributed by atoms with van der Waals surface area (Å²) in [4.78, 5) is 28.2. The molecule has 1 N–H and O–H groups in total. The van der Waals surface area contributed by atoms with E-state index in [9.17, 15) is 22.8 Å². The van der Waals surface area contributed by atoms with Gasteiger partial charge < -0.3 is 14.8 Å². The van der Waals surface area contributed by atoms with Crippen LogP contribution in [0.5, 0.6) is 5.75 Å². The maximum absolute atomic E-state index is 12.4. The third kappa shape index (κ3) is 5.84. The normalized spacial score (nSPS) is 11.2. The number of para-hydroxylation sites is 1. The van der Waals surface area contributed by atoms with Crippen molar-refractivity contribution in [1.82, 2.24) is 10.3 Å². The second-order valence-electron chi connectivity index (χ2n) is 6.05. The molecule has 0 bridgehead atoms. The molecule has 3 aromatic rings. The van der Waals surface area contributed by atoms with Gasteiger partial charge in [0, 0.05) is 17.5 Å². The summed E-state index contributed by atoms with van der Waals surface area (Å²) in [5.74, 6) is -1.84. The van der Waals surface area contributed by atoms with Crippen molar-refractivity contribution in [3.63, 3.8) is 0 Å². The number of amides is 1. The highest BCUT2D eigenvalue weighted by atomic mass is 35.5. The number of aromatic nitrogens is 1. The van der Waals surface area contributed by atoms with E-state index in [-0.39, 0.29) is 17.7 Å². The van der Waals surface area contributed by atoms with Crippen molar-refractivity contribution in [1.29, 1.82) is 0 Å². The summed E-state index contributed by atoms with van der Waals surface area (Å²) in [6.07, 6.45) is -4.85. The summed E-state index contributed by atoms with van der Waals surface area (Å²) < 4.78 is 46.2. The van der Waals surface area contributed by atoms with Crippen LogP contribution in [0.25, 0.3) is 10.9 Å². The molecule has 0 saturated heterocycles. The van der Waals surface area contributed by atoms with E-state index in [1.165, 1.54) is 24.3 Å². The van der Waals surface area contributed by atoms with E-state index in [4.69, 9.17) is 16.3 Å². The number of fused-ring (bicyclic) bond motifs is 1. The first kappa shape index (κ1) is 21.4. The summed E-state index contributed by atoms with van der Waals surface area (Å²) in [5.41, 5.74) is 0.926. The zero-order valence-corrected chi connectivity index (χ0v) is 16.0. The lowest BCUT2D eigenvalue weighted by atomic mass is 10.1. The number of ether oxygens (including phenoxy) is 2. The Morgan fingerprint density at radius 3 is 2.60 bits per heavy atom. The predicted molar refractivity (Wildman–Crippen MR) is 102 cm³/mol. The van der Waals surface area contributed by atoms with Crippen LogP contribution in [0.2, 0.25) is 5.15 Å². The quantitative estimate of drug-likeness (QED) is 0.459. The molecule has 0 unspecified atom stereocenters. The average Bonchev–Trinajstić information content (AvgIpc) is 2.69. The van der Waals surface area contributed by atoms with Crippen molar-refractivity contribution < 1.29 is 32.2 Å². The number of benzene rings is 2. The molecule has 0 aliphatic heterocycles. The number of alkyl halides is 3. The van der Waals surface area contributed by atoms with Crippen molar-refractivity contribution in [3.05, 3.63) is 70.9 Å². The van der Waals surface area contributed by atoms with Gasteiger partial charge in [0.2, 0.25) is 0 Å². The van der Waals surface area contributed by atoms with Crippen LogP contribution in [0.1, 0.15) is 15.9 Å². The van der Waals surface area contributed by atoms with Gasteiger partial charge in [0.1, 0.15) is 10.9 Å². The van der Waals surface area contributed by atoms with Crippen LogP contribution in [0.4, 0.5) is 13.2 Å². The Morgan fingerprint density at radius 2 is 1.83 bits per heavy atom. The van der Waals surface area contributed by atoms with Gasteiger partial charge in [-0.05, 0) is 36.4 Å². The maximum atomic E-state index is 12.4. The molecule has 1 aromatic heterocycles. The van der Waals surface area contributed by atoms with Gasteiger partial charge in [-0.2, -0.15) is 0 Å². The van der Waals surface area contributed by atoms with Gasteiger partial charge in [0.25, 0.3) is 5.91 Å². The van der Waals surface area contributed by atoms with Crippen LogP contribution in [0.15, 0.2) is 54.6 Å². The minimum atomic E-state index is -4.85. The van der Waals surface area contributed by atoms with Crippen LogP contribution in [-0.2, 0) is 16.1 Å². The minimum Gasteiger partial charge on any atom is -0.452 e. The Labute approximate surface area is 173 Å². The van der Waals surface area contributed by atoms with Gasteiger partial charge in [-0.3, -0.25) is 4.79 Å². The number of esters is 1. The second-order valence-corrected chi connectivity index (χ2v) is 6.44. The van der Waals surface area contributed by atoms with Crippen molar-refractivity contribution in [2.45, 2.75) is 12.9 Å². The van der Waals surface area contributed by atoms with Crippen LogP contribution in [0.3, 0.4) is 0 Å². The molecule has 0 fully saturated rings. The van der Waals surface area contributed by atoms with Crippen LogP contribution >= 0.6 is 11.6 Å². The third-order valence-corrected chi connectivity index (χ3v) is 4.11. The first-order chi connectivity index (χ1) is 14.2. The molecule has 0 radical (unpaired) electrons. The van der Waals surface area contributed by atoms with Gasteiger partial charge >= 0.3 is 12.3 Å². The van der Waals surface area contributed by atoms with Gasteiger partial charge in [-0.25, -0.2) is 9.78 Å². The molecule has 6 nitrogen and oxygen atoms in total. The molecule has 0 spiro atoms. The van der Waals surface area contributed by atoms with Gasteiger partial charge in [0.15, 0.2) is 6.61 Å². The van der Waals surface area contributed by atoms with E-state index in [0.29, 0.717) is 16.1 Å². The van der Waals surface area contributed by atoms with Crippen molar-refractivity contribution in [3.8, 4) is 5.75 Å². The van der Waals surface area contributed by atoms with Crippen LogP contribution < -0.4 is 10.1 Å². The standard InChI is InChI=1S/C20H14ClF3N2O4/c21-17-8-6-12-9-13(5-7-15(12)26-17)19(28)29-11-18(27)25-10-14-3-1-2-4-16(14)30-20(22,23)24/h1-9H,10-11H2,(H,25,27). The lowest BCUT2D eigenvalue weighted by Gasteiger charge is -2.13. The largest absolute Gasteiger partial charge is 0.573 e. The number of carbonyl (C=O) groups excluding carboxylic acids is 2. The Morgan fingerprint density at radius 1 is 1.07 bits per heavy atom. The topological polar surface area (TPSA) is 77.5 Å². The van der Waals surface area contributed by atoms with E-state index in [2.05, 4.69) is 15.0 Å². The fraction of sp³-hybridized carbons (Fsp3) is 0.150. The minimum absolute atomic E-state index is 0.121. The summed E-state index contributed by atoms with van der Waals surface area (Å²) in [6, 6.07) is 13.3. The number of nitrogens with one attached hydrogen (secondary N) is 1. The molecule has 1 heterocycles. The third-order valence-electron chi connectivity index (χ3n) is 3.90. The first-order valence-corrected chi connectivity index (χ1v) is 8.93. The van der Waals surface area contributed by atoms with E-state index >= 15 is 0 Å². The molecular weight excluding hydrogens is 425 g/mol. The SMILES string of the molecule is O=C(COC(=O)c1ccc2nc(Cl)ccc2c1)NCc1ccccc1OC(F)(F)F. The van der Waals surface area contributed by atoms with E-state index < -0.39 is 30.6 Å². The number of rotatable bonds is 6. The van der Waals surface area contributed by atoms with Crippen LogP contribution in [-0.4, -0.2) is 29.8 Å². The fourth-order valence-electron chi connectivity index (χ4n) is 2.56. The summed E-state index contributed by atoms with van der Waals surface area (Å²) in [6.45, 7) is -0.830. The first-order valence-electron chi connectivity index (χ1n) is 8.55. The molecule has 0 aliphatic carbocycles. The molecule has 0 aliphatic rings. The summed E-state index contributed by atoms with van der Waals surface area (Å²) >= 11 is 5.81. The molecular formula is C20H14ClF3N2O4. The Hall–Kier alpha value is -3.33. The van der Waals surface area contributed by atoms with Gasteiger partial charge in [-0.1, -0.05) is 29.8 Å². The van der Waals surface area contributed by atoms with E-state index in [1.807, 2.05) is 0 Å². The molecule has 10 heteroatoms. The molecule has 3 rings (SSSR count). The fourth-order valence-corrected chi connectivity index (χ4v) is 2.72. The molecule has 0 saturated carbocycles. The second kappa shape index (κ2) is 9.00. The van der Waals surface area contributed by atoms with Crippen LogP contribution in [0, 0.1) is 0 Å². The highest BCUT2D eigenvalue weighted by Crippen LogP contribution is 2.26. The Bertz CT molecular complexity index is 1090. The highest BCUT2D eigenvalue weighted by Gasteiger charge is 2.32. The highest BCUT2D eigenvalue weighted by molar-refractivity contribution is 6.29. The smallest absolute Gasteiger partial charge is 0.452 e. The lowest BCUT2D eigenvalue weighted by Crippen LogP contribution is -2.29.